The van der Waals surface area contributed by atoms with Crippen molar-refractivity contribution in [3.63, 3.8) is 0 Å². The van der Waals surface area contributed by atoms with Crippen molar-refractivity contribution in [2.24, 2.45) is 0 Å². The maximum atomic E-state index is 11.4. The van der Waals surface area contributed by atoms with E-state index in [-0.39, 0.29) is 0 Å². The molecule has 116 valence electrons. The van der Waals surface area contributed by atoms with E-state index in [1.54, 1.807) is 6.20 Å². The van der Waals surface area contributed by atoms with E-state index < -0.39 is 5.60 Å². The minimum Gasteiger partial charge on any atom is -0.379 e. The maximum Gasteiger partial charge on any atom is 0.133 e. The second-order valence-corrected chi connectivity index (χ2v) is 6.24. The molecule has 1 aromatic carbocycles. The molecule has 1 atom stereocenters. The summed E-state index contributed by atoms with van der Waals surface area (Å²) >= 11 is 0. The Balaban J connectivity index is 1.88. The number of aromatic nitrogens is 1. The van der Waals surface area contributed by atoms with E-state index in [0.717, 1.165) is 30.9 Å². The standard InChI is InChI=1S/C19H24N2O/c1-16-7-9-17(10-8-16)19(22,18-6-2-3-12-20-18)11-15-21-13-4-5-14-21/h2-3,6-10,12,22H,4-5,11,13-15H2,1H3/t19-/m0/s1. The summed E-state index contributed by atoms with van der Waals surface area (Å²) in [5, 5.41) is 11.4. The Kier molecular flexibility index (Phi) is 4.55. The van der Waals surface area contributed by atoms with Gasteiger partial charge < -0.3 is 10.0 Å². The predicted octanol–water partition coefficient (Wildman–Crippen LogP) is 3.11. The number of pyridine rings is 1. The summed E-state index contributed by atoms with van der Waals surface area (Å²) in [6.45, 7) is 5.26. The number of likely N-dealkylation sites (tertiary alicyclic amines) is 1. The lowest BCUT2D eigenvalue weighted by molar-refractivity contribution is 0.0560. The Morgan fingerprint density at radius 3 is 2.45 bits per heavy atom. The van der Waals surface area contributed by atoms with Crippen LogP contribution in [0.4, 0.5) is 0 Å². The lowest BCUT2D eigenvalue weighted by atomic mass is 9.86. The van der Waals surface area contributed by atoms with Gasteiger partial charge >= 0.3 is 0 Å². The summed E-state index contributed by atoms with van der Waals surface area (Å²) in [5.41, 5.74) is 1.85. The molecule has 0 saturated carbocycles. The molecule has 3 nitrogen and oxygen atoms in total. The predicted molar refractivity (Wildman–Crippen MR) is 88.7 cm³/mol. The number of aliphatic hydroxyl groups is 1. The fourth-order valence-electron chi connectivity index (χ4n) is 3.18. The second kappa shape index (κ2) is 6.59. The maximum absolute atomic E-state index is 11.4. The van der Waals surface area contributed by atoms with Gasteiger partial charge in [0.25, 0.3) is 0 Å². The average molecular weight is 296 g/mol. The van der Waals surface area contributed by atoms with Crippen molar-refractivity contribution in [3.05, 3.63) is 65.5 Å². The molecule has 2 heterocycles. The zero-order valence-electron chi connectivity index (χ0n) is 13.2. The van der Waals surface area contributed by atoms with Crippen molar-refractivity contribution in [3.8, 4) is 0 Å². The molecule has 0 amide bonds. The molecule has 2 aromatic rings. The van der Waals surface area contributed by atoms with E-state index >= 15 is 0 Å². The largest absolute Gasteiger partial charge is 0.379 e. The van der Waals surface area contributed by atoms with Crippen molar-refractivity contribution < 1.29 is 5.11 Å². The highest BCUT2D eigenvalue weighted by Crippen LogP contribution is 2.32. The Bertz CT molecular complexity index is 591. The fourth-order valence-corrected chi connectivity index (χ4v) is 3.18. The van der Waals surface area contributed by atoms with Crippen molar-refractivity contribution in [1.82, 2.24) is 9.88 Å². The number of nitrogens with zero attached hydrogens (tertiary/aromatic N) is 2. The normalized spacial score (nSPS) is 18.3. The summed E-state index contributed by atoms with van der Waals surface area (Å²) in [6, 6.07) is 13.9. The van der Waals surface area contributed by atoms with Gasteiger partial charge in [-0.25, -0.2) is 0 Å². The highest BCUT2D eigenvalue weighted by atomic mass is 16.3. The Labute approximate surface area is 132 Å². The molecule has 3 heteroatoms. The van der Waals surface area contributed by atoms with E-state index in [9.17, 15) is 5.11 Å². The van der Waals surface area contributed by atoms with Crippen LogP contribution in [0.2, 0.25) is 0 Å². The highest BCUT2D eigenvalue weighted by molar-refractivity contribution is 5.34. The van der Waals surface area contributed by atoms with Crippen molar-refractivity contribution in [2.45, 2.75) is 31.8 Å². The molecule has 0 spiro atoms. The van der Waals surface area contributed by atoms with Gasteiger partial charge in [-0.05, 0) is 57.0 Å². The van der Waals surface area contributed by atoms with Crippen molar-refractivity contribution in [1.29, 1.82) is 0 Å². The first-order valence-corrected chi connectivity index (χ1v) is 8.12. The number of hydrogen-bond acceptors (Lipinski definition) is 3. The summed E-state index contributed by atoms with van der Waals surface area (Å²) in [6.07, 6.45) is 4.97. The van der Waals surface area contributed by atoms with Crippen LogP contribution in [-0.4, -0.2) is 34.6 Å². The van der Waals surface area contributed by atoms with Gasteiger partial charge in [0.2, 0.25) is 0 Å². The molecule has 3 rings (SSSR count). The molecular weight excluding hydrogens is 272 g/mol. The third-order valence-corrected chi connectivity index (χ3v) is 4.61. The quantitative estimate of drug-likeness (QED) is 0.921. The van der Waals surface area contributed by atoms with Crippen LogP contribution in [-0.2, 0) is 5.60 Å². The first kappa shape index (κ1) is 15.2. The van der Waals surface area contributed by atoms with Crippen LogP contribution in [0.1, 0.15) is 36.1 Å². The van der Waals surface area contributed by atoms with Gasteiger partial charge in [-0.15, -0.1) is 0 Å². The Morgan fingerprint density at radius 1 is 1.09 bits per heavy atom. The summed E-state index contributed by atoms with van der Waals surface area (Å²) in [4.78, 5) is 6.86. The number of rotatable bonds is 5. The summed E-state index contributed by atoms with van der Waals surface area (Å²) < 4.78 is 0. The lowest BCUT2D eigenvalue weighted by Crippen LogP contribution is -2.34. The zero-order valence-corrected chi connectivity index (χ0v) is 13.2. The Hall–Kier alpha value is -1.71. The molecule has 0 unspecified atom stereocenters. The third-order valence-electron chi connectivity index (χ3n) is 4.61. The number of hydrogen-bond donors (Lipinski definition) is 1. The third kappa shape index (κ3) is 3.21. The molecule has 22 heavy (non-hydrogen) atoms. The molecule has 1 saturated heterocycles. The van der Waals surface area contributed by atoms with Crippen LogP contribution in [0.15, 0.2) is 48.7 Å². The number of aryl methyl sites for hydroxylation is 1. The summed E-state index contributed by atoms with van der Waals surface area (Å²) in [7, 11) is 0. The molecule has 0 radical (unpaired) electrons. The van der Waals surface area contributed by atoms with Gasteiger partial charge in [0.05, 0.1) is 5.69 Å². The van der Waals surface area contributed by atoms with Crippen molar-refractivity contribution in [2.75, 3.05) is 19.6 Å². The zero-order chi connectivity index (χ0) is 15.4. The minimum atomic E-state index is -1.02. The van der Waals surface area contributed by atoms with Crippen LogP contribution in [0.5, 0.6) is 0 Å². The first-order chi connectivity index (χ1) is 10.7. The van der Waals surface area contributed by atoms with Gasteiger partial charge in [0.1, 0.15) is 5.60 Å². The van der Waals surface area contributed by atoms with Gasteiger partial charge in [0.15, 0.2) is 0 Å². The first-order valence-electron chi connectivity index (χ1n) is 8.12. The van der Waals surface area contributed by atoms with E-state index in [1.807, 2.05) is 30.3 Å². The van der Waals surface area contributed by atoms with Crippen LogP contribution in [0.25, 0.3) is 0 Å². The molecule has 1 fully saturated rings. The molecule has 1 N–H and O–H groups in total. The van der Waals surface area contributed by atoms with E-state index in [1.165, 1.54) is 18.4 Å². The molecule has 0 aliphatic carbocycles. The van der Waals surface area contributed by atoms with Crippen LogP contribution >= 0.6 is 0 Å². The molecule has 1 aliphatic rings. The lowest BCUT2D eigenvalue weighted by Gasteiger charge is -2.30. The van der Waals surface area contributed by atoms with Gasteiger partial charge in [-0.1, -0.05) is 35.9 Å². The molecule has 1 aromatic heterocycles. The second-order valence-electron chi connectivity index (χ2n) is 6.24. The molecule has 1 aliphatic heterocycles. The van der Waals surface area contributed by atoms with E-state index in [4.69, 9.17) is 0 Å². The van der Waals surface area contributed by atoms with Gasteiger partial charge in [0, 0.05) is 12.7 Å². The molecule has 0 bridgehead atoms. The average Bonchev–Trinajstić information content (AvgIpc) is 3.08. The topological polar surface area (TPSA) is 36.4 Å². The molecular formula is C19H24N2O. The van der Waals surface area contributed by atoms with Crippen LogP contribution in [0.3, 0.4) is 0 Å². The van der Waals surface area contributed by atoms with Crippen LogP contribution < -0.4 is 0 Å². The number of benzene rings is 1. The van der Waals surface area contributed by atoms with E-state index in [0.29, 0.717) is 6.42 Å². The minimum absolute atomic E-state index is 0.674. The monoisotopic (exact) mass is 296 g/mol. The van der Waals surface area contributed by atoms with Crippen molar-refractivity contribution >= 4 is 0 Å². The van der Waals surface area contributed by atoms with Gasteiger partial charge in [-0.2, -0.15) is 0 Å². The SMILES string of the molecule is Cc1ccc([C@@](O)(CCN2CCCC2)c2ccccn2)cc1. The Morgan fingerprint density at radius 2 is 1.82 bits per heavy atom. The van der Waals surface area contributed by atoms with Crippen LogP contribution in [0, 0.1) is 6.92 Å². The fraction of sp³-hybridized carbons (Fsp3) is 0.421. The highest BCUT2D eigenvalue weighted by Gasteiger charge is 2.33. The smallest absolute Gasteiger partial charge is 0.133 e. The van der Waals surface area contributed by atoms with Gasteiger partial charge in [-0.3, -0.25) is 4.98 Å². The summed E-state index contributed by atoms with van der Waals surface area (Å²) in [5.74, 6) is 0. The van der Waals surface area contributed by atoms with E-state index in [2.05, 4.69) is 28.9 Å².